The molecular formula is C9H14N2O4. The number of amides is 2. The van der Waals surface area contributed by atoms with E-state index in [4.69, 9.17) is 14.6 Å². The van der Waals surface area contributed by atoms with Gasteiger partial charge in [-0.25, -0.2) is 4.79 Å². The first-order valence-electron chi connectivity index (χ1n) is 4.82. The number of hydrogen-bond acceptors (Lipinski definition) is 4. The Hall–Kier alpha value is -1.11. The van der Waals surface area contributed by atoms with Gasteiger partial charge in [0.2, 0.25) is 0 Å². The minimum atomic E-state index is -0.626. The van der Waals surface area contributed by atoms with Gasteiger partial charge in [-0.3, -0.25) is 4.90 Å². The molecule has 0 saturated carbocycles. The van der Waals surface area contributed by atoms with Gasteiger partial charge in [0.25, 0.3) is 0 Å². The van der Waals surface area contributed by atoms with E-state index < -0.39 is 12.5 Å². The van der Waals surface area contributed by atoms with Crippen LogP contribution >= 0.6 is 0 Å². The first kappa shape index (κ1) is 10.4. The van der Waals surface area contributed by atoms with Crippen LogP contribution in [0, 0.1) is 0 Å². The Kier molecular flexibility index (Phi) is 2.90. The molecule has 0 aromatic rings. The van der Waals surface area contributed by atoms with Crippen molar-refractivity contribution in [3.8, 4) is 0 Å². The molecule has 2 aliphatic heterocycles. The smallest absolute Gasteiger partial charge is 0.323 e. The van der Waals surface area contributed by atoms with Gasteiger partial charge in [0.05, 0.1) is 13.2 Å². The van der Waals surface area contributed by atoms with Gasteiger partial charge in [0.1, 0.15) is 0 Å². The van der Waals surface area contributed by atoms with Crippen LogP contribution in [0.25, 0.3) is 0 Å². The fraction of sp³-hybridized carbons (Fsp3) is 0.667. The van der Waals surface area contributed by atoms with Crippen LogP contribution in [0.3, 0.4) is 0 Å². The van der Waals surface area contributed by atoms with Gasteiger partial charge in [-0.1, -0.05) is 0 Å². The highest BCUT2D eigenvalue weighted by atomic mass is 16.7. The molecule has 2 aliphatic rings. The summed E-state index contributed by atoms with van der Waals surface area (Å²) in [6.07, 6.45) is 0.669. The quantitative estimate of drug-likeness (QED) is 0.656. The highest BCUT2D eigenvalue weighted by Gasteiger charge is 2.33. The molecule has 2 atom stereocenters. The van der Waals surface area contributed by atoms with Crippen LogP contribution in [0.2, 0.25) is 0 Å². The van der Waals surface area contributed by atoms with Gasteiger partial charge >= 0.3 is 6.03 Å². The molecule has 15 heavy (non-hydrogen) atoms. The van der Waals surface area contributed by atoms with E-state index >= 15 is 0 Å². The molecule has 6 nitrogen and oxygen atoms in total. The lowest BCUT2D eigenvalue weighted by atomic mass is 10.3. The summed E-state index contributed by atoms with van der Waals surface area (Å²) in [5.41, 5.74) is 1.05. The third kappa shape index (κ3) is 2.11. The van der Waals surface area contributed by atoms with E-state index in [0.29, 0.717) is 6.54 Å². The monoisotopic (exact) mass is 214 g/mol. The maximum absolute atomic E-state index is 11.5. The number of carbonyl (C=O) groups is 1. The average Bonchev–Trinajstić information content (AvgIpc) is 2.70. The standard InChI is InChI=1S/C9H14N2O4/c1-6-2-10-9(13)11(3-6)7-5-14-8(4-12)15-7/h3,7-8,12H,2,4-5H2,1H3,(H,10,13)/t7-,8-/m0/s1. The van der Waals surface area contributed by atoms with Crippen molar-refractivity contribution in [1.29, 1.82) is 0 Å². The van der Waals surface area contributed by atoms with Crippen molar-refractivity contribution in [3.05, 3.63) is 11.8 Å². The maximum Gasteiger partial charge on any atom is 0.323 e. The molecule has 2 rings (SSSR count). The van der Waals surface area contributed by atoms with Crippen molar-refractivity contribution in [2.75, 3.05) is 19.8 Å². The molecule has 1 fully saturated rings. The van der Waals surface area contributed by atoms with Gasteiger partial charge in [0, 0.05) is 12.7 Å². The van der Waals surface area contributed by atoms with Crippen LogP contribution in [0.15, 0.2) is 11.8 Å². The van der Waals surface area contributed by atoms with E-state index in [2.05, 4.69) is 5.32 Å². The minimum Gasteiger partial charge on any atom is -0.391 e. The third-order valence-corrected chi connectivity index (χ3v) is 2.31. The number of aliphatic hydroxyl groups is 1. The first-order chi connectivity index (χ1) is 7.20. The summed E-state index contributed by atoms with van der Waals surface area (Å²) in [5, 5.41) is 11.5. The summed E-state index contributed by atoms with van der Waals surface area (Å²) in [5.74, 6) is 0. The van der Waals surface area contributed by atoms with Gasteiger partial charge in [-0.05, 0) is 12.5 Å². The lowest BCUT2D eigenvalue weighted by molar-refractivity contribution is -0.102. The number of carbonyl (C=O) groups excluding carboxylic acids is 1. The largest absolute Gasteiger partial charge is 0.391 e. The molecule has 0 aromatic heterocycles. The van der Waals surface area contributed by atoms with E-state index in [-0.39, 0.29) is 19.2 Å². The van der Waals surface area contributed by atoms with Gasteiger partial charge in [0.15, 0.2) is 12.5 Å². The van der Waals surface area contributed by atoms with Crippen LogP contribution in [0.5, 0.6) is 0 Å². The van der Waals surface area contributed by atoms with Crippen molar-refractivity contribution in [2.45, 2.75) is 19.4 Å². The summed E-state index contributed by atoms with van der Waals surface area (Å²) in [4.78, 5) is 12.9. The van der Waals surface area contributed by atoms with E-state index in [0.717, 1.165) is 5.57 Å². The maximum atomic E-state index is 11.5. The zero-order chi connectivity index (χ0) is 10.8. The van der Waals surface area contributed by atoms with Crippen LogP contribution in [0.4, 0.5) is 4.79 Å². The topological polar surface area (TPSA) is 71.0 Å². The highest BCUT2D eigenvalue weighted by Crippen LogP contribution is 2.18. The molecule has 84 valence electrons. The predicted molar refractivity (Wildman–Crippen MR) is 50.7 cm³/mol. The van der Waals surface area contributed by atoms with Crippen molar-refractivity contribution < 1.29 is 19.4 Å². The minimum absolute atomic E-state index is 0.200. The zero-order valence-electron chi connectivity index (χ0n) is 8.47. The number of hydrogen-bond donors (Lipinski definition) is 2. The molecule has 0 unspecified atom stereocenters. The summed E-state index contributed by atoms with van der Waals surface area (Å²) in [7, 11) is 0. The van der Waals surface area contributed by atoms with E-state index in [1.165, 1.54) is 4.90 Å². The second-order valence-electron chi connectivity index (χ2n) is 3.58. The summed E-state index contributed by atoms with van der Waals surface area (Å²) in [6.45, 7) is 2.56. The fourth-order valence-corrected chi connectivity index (χ4v) is 1.55. The Morgan fingerprint density at radius 3 is 3.20 bits per heavy atom. The molecule has 0 bridgehead atoms. The molecule has 0 aromatic carbocycles. The summed E-state index contributed by atoms with van der Waals surface area (Å²) < 4.78 is 10.4. The van der Waals surface area contributed by atoms with E-state index in [1.54, 1.807) is 6.20 Å². The number of nitrogens with one attached hydrogen (secondary N) is 1. The van der Waals surface area contributed by atoms with Crippen LogP contribution in [-0.2, 0) is 9.47 Å². The third-order valence-electron chi connectivity index (χ3n) is 2.31. The zero-order valence-corrected chi connectivity index (χ0v) is 8.47. The van der Waals surface area contributed by atoms with Crippen LogP contribution in [-0.4, -0.2) is 48.3 Å². The fourth-order valence-electron chi connectivity index (χ4n) is 1.55. The first-order valence-corrected chi connectivity index (χ1v) is 4.82. The second kappa shape index (κ2) is 4.18. The van der Waals surface area contributed by atoms with Crippen molar-refractivity contribution >= 4 is 6.03 Å². The van der Waals surface area contributed by atoms with Crippen LogP contribution < -0.4 is 5.32 Å². The van der Waals surface area contributed by atoms with Crippen molar-refractivity contribution in [1.82, 2.24) is 10.2 Å². The van der Waals surface area contributed by atoms with E-state index in [1.807, 2.05) is 6.92 Å². The highest BCUT2D eigenvalue weighted by molar-refractivity contribution is 5.77. The van der Waals surface area contributed by atoms with Crippen LogP contribution in [0.1, 0.15) is 6.92 Å². The Morgan fingerprint density at radius 1 is 1.73 bits per heavy atom. The lowest BCUT2D eigenvalue weighted by Gasteiger charge is -2.28. The average molecular weight is 214 g/mol. The predicted octanol–water partition coefficient (Wildman–Crippen LogP) is -0.393. The Bertz CT molecular complexity index is 292. The van der Waals surface area contributed by atoms with Crippen molar-refractivity contribution in [3.63, 3.8) is 0 Å². The summed E-state index contributed by atoms with van der Waals surface area (Å²) >= 11 is 0. The van der Waals surface area contributed by atoms with Gasteiger partial charge in [-0.2, -0.15) is 0 Å². The lowest BCUT2D eigenvalue weighted by Crippen LogP contribution is -2.47. The molecule has 0 spiro atoms. The SMILES string of the molecule is CC1=CN([C@@H]2CO[C@H](CO)O2)C(=O)NC1. The number of aliphatic hydroxyl groups excluding tert-OH is 1. The Morgan fingerprint density at radius 2 is 2.53 bits per heavy atom. The van der Waals surface area contributed by atoms with E-state index in [9.17, 15) is 4.79 Å². The van der Waals surface area contributed by atoms with Gasteiger partial charge < -0.3 is 19.9 Å². The molecule has 2 amide bonds. The number of nitrogens with zero attached hydrogens (tertiary/aromatic N) is 1. The molecule has 6 heteroatoms. The Balaban J connectivity index is 2.04. The van der Waals surface area contributed by atoms with Crippen molar-refractivity contribution in [2.24, 2.45) is 0 Å². The molecule has 2 heterocycles. The van der Waals surface area contributed by atoms with Gasteiger partial charge in [-0.15, -0.1) is 0 Å². The normalized spacial score (nSPS) is 31.5. The second-order valence-corrected chi connectivity index (χ2v) is 3.58. The molecule has 2 N–H and O–H groups in total. The number of rotatable bonds is 2. The Labute approximate surface area is 87.5 Å². The summed E-state index contributed by atoms with van der Waals surface area (Å²) in [6, 6.07) is -0.201. The molecule has 1 saturated heterocycles. The molecule has 0 aliphatic carbocycles. The number of urea groups is 1. The number of ether oxygens (including phenoxy) is 2. The molecular weight excluding hydrogens is 200 g/mol. The molecule has 0 radical (unpaired) electrons.